The van der Waals surface area contributed by atoms with Crippen LogP contribution in [0.1, 0.15) is 12.1 Å². The quantitative estimate of drug-likeness (QED) is 0.901. The van der Waals surface area contributed by atoms with Crippen molar-refractivity contribution >= 4 is 23.3 Å². The summed E-state index contributed by atoms with van der Waals surface area (Å²) < 4.78 is 11.1. The van der Waals surface area contributed by atoms with Crippen molar-refractivity contribution in [2.75, 3.05) is 25.5 Å². The van der Waals surface area contributed by atoms with Gasteiger partial charge in [-0.2, -0.15) is 0 Å². The first-order valence-electron chi connectivity index (χ1n) is 8.05. The highest BCUT2D eigenvalue weighted by Gasteiger charge is 2.28. The molecule has 0 saturated carbocycles. The first-order chi connectivity index (χ1) is 12.0. The Morgan fingerprint density at radius 3 is 2.96 bits per heavy atom. The Hall–Kier alpha value is -2.47. The second-order valence-electron chi connectivity index (χ2n) is 5.87. The number of halogens is 1. The molecule has 1 saturated heterocycles. The Morgan fingerprint density at radius 2 is 2.20 bits per heavy atom. The van der Waals surface area contributed by atoms with E-state index in [9.17, 15) is 4.79 Å². The number of carbonyl (C=O) groups is 1. The van der Waals surface area contributed by atoms with E-state index in [1.54, 1.807) is 30.2 Å². The van der Waals surface area contributed by atoms with Gasteiger partial charge in [0.05, 0.1) is 19.3 Å². The number of urea groups is 1. The minimum absolute atomic E-state index is 0.0682. The van der Waals surface area contributed by atoms with E-state index in [-0.39, 0.29) is 12.1 Å². The molecule has 0 aliphatic carbocycles. The first kappa shape index (κ1) is 17.4. The molecule has 2 aromatic rings. The number of benzene rings is 1. The van der Waals surface area contributed by atoms with Crippen LogP contribution < -0.4 is 14.8 Å². The number of nitrogens with one attached hydrogen (secondary N) is 1. The van der Waals surface area contributed by atoms with Crippen LogP contribution in [0.4, 0.5) is 10.5 Å². The van der Waals surface area contributed by atoms with E-state index >= 15 is 0 Å². The SMILES string of the molecule is COc1ccc(Cl)cc1NC(=O)N1CCC(Oc2cccc(C)n2)C1. The molecule has 2 amide bonds. The smallest absolute Gasteiger partial charge is 0.322 e. The normalized spacial score (nSPS) is 16.6. The minimum atomic E-state index is -0.205. The summed E-state index contributed by atoms with van der Waals surface area (Å²) in [5.74, 6) is 1.15. The van der Waals surface area contributed by atoms with Crippen LogP contribution in [0.25, 0.3) is 0 Å². The van der Waals surface area contributed by atoms with Gasteiger partial charge in [-0.15, -0.1) is 0 Å². The van der Waals surface area contributed by atoms with Crippen molar-refractivity contribution in [3.63, 3.8) is 0 Å². The predicted molar refractivity (Wildman–Crippen MR) is 96.6 cm³/mol. The van der Waals surface area contributed by atoms with Crippen molar-refractivity contribution < 1.29 is 14.3 Å². The number of likely N-dealkylation sites (tertiary alicyclic amines) is 1. The van der Waals surface area contributed by atoms with Crippen LogP contribution in [0.5, 0.6) is 11.6 Å². The van der Waals surface area contributed by atoms with E-state index < -0.39 is 0 Å². The molecule has 1 atom stereocenters. The lowest BCUT2D eigenvalue weighted by Crippen LogP contribution is -2.34. The number of aryl methyl sites for hydroxylation is 1. The van der Waals surface area contributed by atoms with Gasteiger partial charge < -0.3 is 19.7 Å². The molecule has 1 aromatic carbocycles. The molecule has 6 nitrogen and oxygen atoms in total. The number of pyridine rings is 1. The van der Waals surface area contributed by atoms with Gasteiger partial charge in [0.2, 0.25) is 5.88 Å². The first-order valence-corrected chi connectivity index (χ1v) is 8.43. The standard InChI is InChI=1S/C18H20ClN3O3/c1-12-4-3-5-17(20-12)25-14-8-9-22(11-14)18(23)21-15-10-13(19)6-7-16(15)24-2/h3-7,10,14H,8-9,11H2,1-2H3,(H,21,23). The molecule has 7 heteroatoms. The van der Waals surface area contributed by atoms with E-state index in [1.807, 2.05) is 25.1 Å². The molecule has 3 rings (SSSR count). The van der Waals surface area contributed by atoms with Crippen molar-refractivity contribution in [3.05, 3.63) is 47.1 Å². The highest BCUT2D eigenvalue weighted by Crippen LogP contribution is 2.28. The number of methoxy groups -OCH3 is 1. The summed E-state index contributed by atoms with van der Waals surface area (Å²) in [6, 6.07) is 10.5. The molecule has 1 aliphatic heterocycles. The van der Waals surface area contributed by atoms with Gasteiger partial charge in [0.15, 0.2) is 0 Å². The number of amides is 2. The second-order valence-corrected chi connectivity index (χ2v) is 6.30. The maximum absolute atomic E-state index is 12.5. The predicted octanol–water partition coefficient (Wildman–Crippen LogP) is 3.74. The zero-order chi connectivity index (χ0) is 17.8. The van der Waals surface area contributed by atoms with E-state index in [0.717, 1.165) is 12.1 Å². The summed E-state index contributed by atoms with van der Waals surface area (Å²) in [4.78, 5) is 18.5. The number of rotatable bonds is 4. The average Bonchev–Trinajstić information content (AvgIpc) is 3.04. The zero-order valence-electron chi connectivity index (χ0n) is 14.2. The van der Waals surface area contributed by atoms with Crippen LogP contribution in [0, 0.1) is 6.92 Å². The molecule has 1 aliphatic rings. The number of ether oxygens (including phenoxy) is 2. The third-order valence-electron chi connectivity index (χ3n) is 3.99. The molecule has 0 spiro atoms. The van der Waals surface area contributed by atoms with E-state index in [2.05, 4.69) is 10.3 Å². The molecule has 1 unspecified atom stereocenters. The maximum atomic E-state index is 12.5. The highest BCUT2D eigenvalue weighted by molar-refractivity contribution is 6.31. The molecule has 1 aromatic heterocycles. The largest absolute Gasteiger partial charge is 0.495 e. The maximum Gasteiger partial charge on any atom is 0.322 e. The van der Waals surface area contributed by atoms with Crippen molar-refractivity contribution in [2.45, 2.75) is 19.4 Å². The van der Waals surface area contributed by atoms with Gasteiger partial charge in [-0.3, -0.25) is 0 Å². The van der Waals surface area contributed by atoms with Crippen LogP contribution in [0.3, 0.4) is 0 Å². The highest BCUT2D eigenvalue weighted by atomic mass is 35.5. The van der Waals surface area contributed by atoms with Crippen molar-refractivity contribution in [2.24, 2.45) is 0 Å². The van der Waals surface area contributed by atoms with Crippen molar-refractivity contribution in [3.8, 4) is 11.6 Å². The van der Waals surface area contributed by atoms with Crippen LogP contribution in [-0.2, 0) is 0 Å². The fraction of sp³-hybridized carbons (Fsp3) is 0.333. The van der Waals surface area contributed by atoms with E-state index in [0.29, 0.717) is 35.4 Å². The topological polar surface area (TPSA) is 63.7 Å². The molecule has 0 radical (unpaired) electrons. The van der Waals surface area contributed by atoms with Crippen LogP contribution in [0.2, 0.25) is 5.02 Å². The lowest BCUT2D eigenvalue weighted by Gasteiger charge is -2.19. The third kappa shape index (κ3) is 4.33. The summed E-state index contributed by atoms with van der Waals surface area (Å²) in [5, 5.41) is 3.38. The summed E-state index contributed by atoms with van der Waals surface area (Å²) in [7, 11) is 1.55. The van der Waals surface area contributed by atoms with E-state index in [4.69, 9.17) is 21.1 Å². The Labute approximate surface area is 151 Å². The van der Waals surface area contributed by atoms with E-state index in [1.165, 1.54) is 0 Å². The molecule has 25 heavy (non-hydrogen) atoms. The zero-order valence-corrected chi connectivity index (χ0v) is 14.9. The fourth-order valence-electron chi connectivity index (χ4n) is 2.74. The number of aromatic nitrogens is 1. The fourth-order valence-corrected chi connectivity index (χ4v) is 2.91. The van der Waals surface area contributed by atoms with Gasteiger partial charge in [0.25, 0.3) is 0 Å². The van der Waals surface area contributed by atoms with Crippen LogP contribution in [-0.4, -0.2) is 42.2 Å². The number of hydrogen-bond acceptors (Lipinski definition) is 4. The van der Waals surface area contributed by atoms with Gasteiger partial charge in [-0.25, -0.2) is 9.78 Å². The Balaban J connectivity index is 1.60. The van der Waals surface area contributed by atoms with Crippen LogP contribution in [0.15, 0.2) is 36.4 Å². The summed E-state index contributed by atoms with van der Waals surface area (Å²) >= 11 is 6.00. The molecule has 0 bridgehead atoms. The van der Waals surface area contributed by atoms with Gasteiger partial charge in [-0.05, 0) is 31.2 Å². The number of carbonyl (C=O) groups excluding carboxylic acids is 1. The second kappa shape index (κ2) is 7.61. The number of hydrogen-bond donors (Lipinski definition) is 1. The Morgan fingerprint density at radius 1 is 1.36 bits per heavy atom. The average molecular weight is 362 g/mol. The van der Waals surface area contributed by atoms with Gasteiger partial charge in [-0.1, -0.05) is 17.7 Å². The van der Waals surface area contributed by atoms with Gasteiger partial charge >= 0.3 is 6.03 Å². The van der Waals surface area contributed by atoms with Gasteiger partial charge in [0.1, 0.15) is 11.9 Å². The monoisotopic (exact) mass is 361 g/mol. The van der Waals surface area contributed by atoms with Crippen molar-refractivity contribution in [1.29, 1.82) is 0 Å². The number of anilines is 1. The molecule has 1 N–H and O–H groups in total. The Bertz CT molecular complexity index is 769. The van der Waals surface area contributed by atoms with Gasteiger partial charge in [0, 0.05) is 29.7 Å². The molecular formula is C18H20ClN3O3. The summed E-state index contributed by atoms with van der Waals surface area (Å²) in [5.41, 5.74) is 1.45. The molecular weight excluding hydrogens is 342 g/mol. The summed E-state index contributed by atoms with van der Waals surface area (Å²) in [6.07, 6.45) is 0.691. The van der Waals surface area contributed by atoms with Crippen molar-refractivity contribution in [1.82, 2.24) is 9.88 Å². The third-order valence-corrected chi connectivity index (χ3v) is 4.22. The summed E-state index contributed by atoms with van der Waals surface area (Å²) in [6.45, 7) is 3.04. The number of nitrogens with zero attached hydrogens (tertiary/aromatic N) is 2. The molecule has 1 fully saturated rings. The minimum Gasteiger partial charge on any atom is -0.495 e. The lowest BCUT2D eigenvalue weighted by atomic mass is 10.3. The Kier molecular flexibility index (Phi) is 5.28. The molecule has 132 valence electrons. The lowest BCUT2D eigenvalue weighted by molar-refractivity contribution is 0.189. The van der Waals surface area contributed by atoms with Crippen LogP contribution >= 0.6 is 11.6 Å². The molecule has 2 heterocycles.